The molecule has 1 N–H and O–H groups in total. The highest BCUT2D eigenvalue weighted by Crippen LogP contribution is 2.20. The van der Waals surface area contributed by atoms with Crippen molar-refractivity contribution < 1.29 is 0 Å². The molecule has 0 unspecified atom stereocenters. The van der Waals surface area contributed by atoms with Gasteiger partial charge in [0.2, 0.25) is 0 Å². The number of nitrogens with zero attached hydrogens (tertiary/aromatic N) is 2. The van der Waals surface area contributed by atoms with Crippen LogP contribution in [0.15, 0.2) is 36.9 Å². The third-order valence-corrected chi connectivity index (χ3v) is 3.82. The van der Waals surface area contributed by atoms with Gasteiger partial charge in [0.05, 0.1) is 0 Å². The highest BCUT2D eigenvalue weighted by atomic mass is 32.1. The van der Waals surface area contributed by atoms with Crippen molar-refractivity contribution in [1.29, 1.82) is 0 Å². The summed E-state index contributed by atoms with van der Waals surface area (Å²) in [6.07, 6.45) is 1.83. The van der Waals surface area contributed by atoms with Gasteiger partial charge in [-0.25, -0.2) is 0 Å². The Hall–Kier alpha value is -1.55. The largest absolute Gasteiger partial charge is 0.368 e. The molecule has 0 aliphatic carbocycles. The molecule has 1 fully saturated rings. The number of piperazine rings is 1. The Labute approximate surface area is 120 Å². The lowest BCUT2D eigenvalue weighted by molar-refractivity contribution is 0.381. The van der Waals surface area contributed by atoms with Gasteiger partial charge < -0.3 is 15.1 Å². The van der Waals surface area contributed by atoms with Gasteiger partial charge in [-0.2, -0.15) is 0 Å². The molecule has 0 amide bonds. The van der Waals surface area contributed by atoms with Crippen molar-refractivity contribution >= 4 is 23.0 Å². The van der Waals surface area contributed by atoms with Gasteiger partial charge in [-0.15, -0.1) is 6.58 Å². The molecule has 1 aliphatic rings. The van der Waals surface area contributed by atoms with Crippen LogP contribution in [0.5, 0.6) is 0 Å². The molecule has 0 aromatic heterocycles. The fraction of sp³-hybridized carbons (Fsp3) is 0.400. The summed E-state index contributed by atoms with van der Waals surface area (Å²) in [6, 6.07) is 8.55. The lowest BCUT2D eigenvalue weighted by atomic mass is 10.1. The summed E-state index contributed by atoms with van der Waals surface area (Å²) in [7, 11) is 0. The monoisotopic (exact) mass is 275 g/mol. The number of hydrogen-bond donors (Lipinski definition) is 1. The van der Waals surface area contributed by atoms with E-state index >= 15 is 0 Å². The third-order valence-electron chi connectivity index (χ3n) is 3.42. The van der Waals surface area contributed by atoms with Crippen molar-refractivity contribution in [3.63, 3.8) is 0 Å². The average Bonchev–Trinajstić information content (AvgIpc) is 2.45. The van der Waals surface area contributed by atoms with Crippen LogP contribution in [-0.2, 0) is 0 Å². The Morgan fingerprint density at radius 2 is 2.00 bits per heavy atom. The molecule has 102 valence electrons. The highest BCUT2D eigenvalue weighted by Gasteiger charge is 2.19. The zero-order chi connectivity index (χ0) is 13.7. The minimum Gasteiger partial charge on any atom is -0.368 e. The molecule has 3 nitrogen and oxygen atoms in total. The minimum atomic E-state index is 0.733. The first-order valence-corrected chi connectivity index (χ1v) is 7.07. The highest BCUT2D eigenvalue weighted by molar-refractivity contribution is 7.80. The molecule has 2 rings (SSSR count). The van der Waals surface area contributed by atoms with Crippen LogP contribution >= 0.6 is 12.2 Å². The van der Waals surface area contributed by atoms with Crippen LogP contribution in [0.3, 0.4) is 0 Å². The quantitative estimate of drug-likeness (QED) is 0.673. The van der Waals surface area contributed by atoms with Crippen molar-refractivity contribution in [2.45, 2.75) is 6.92 Å². The van der Waals surface area contributed by atoms with E-state index in [1.807, 2.05) is 6.08 Å². The maximum atomic E-state index is 5.37. The first-order valence-electron chi connectivity index (χ1n) is 6.66. The third kappa shape index (κ3) is 3.47. The standard InChI is InChI=1S/C15H21N3S/c1-3-8-16-15(19)18-11-9-17(10-12-18)14-7-5-4-6-13(14)2/h3-7H,1,8-12H2,2H3,(H,16,19). The number of thiocarbonyl (C=S) groups is 1. The van der Waals surface area contributed by atoms with E-state index in [4.69, 9.17) is 12.2 Å². The van der Waals surface area contributed by atoms with Crippen molar-refractivity contribution in [1.82, 2.24) is 10.2 Å². The first kappa shape index (κ1) is 13.9. The van der Waals surface area contributed by atoms with Crippen molar-refractivity contribution in [3.05, 3.63) is 42.5 Å². The minimum absolute atomic E-state index is 0.733. The van der Waals surface area contributed by atoms with Crippen molar-refractivity contribution in [2.75, 3.05) is 37.6 Å². The van der Waals surface area contributed by atoms with Crippen LogP contribution in [0.2, 0.25) is 0 Å². The van der Waals surface area contributed by atoms with Gasteiger partial charge >= 0.3 is 0 Å². The van der Waals surface area contributed by atoms with Gasteiger partial charge in [-0.1, -0.05) is 24.3 Å². The van der Waals surface area contributed by atoms with Gasteiger partial charge in [0, 0.05) is 38.4 Å². The summed E-state index contributed by atoms with van der Waals surface area (Å²) in [6.45, 7) is 10.6. The molecule has 1 aromatic rings. The second kappa shape index (κ2) is 6.57. The summed E-state index contributed by atoms with van der Waals surface area (Å²) in [5, 5.41) is 4.03. The summed E-state index contributed by atoms with van der Waals surface area (Å²) < 4.78 is 0. The zero-order valence-electron chi connectivity index (χ0n) is 11.4. The summed E-state index contributed by atoms with van der Waals surface area (Å²) >= 11 is 5.37. The van der Waals surface area contributed by atoms with E-state index in [9.17, 15) is 0 Å². The van der Waals surface area contributed by atoms with Gasteiger partial charge in [-0.3, -0.25) is 0 Å². The molecular formula is C15H21N3S. The van der Waals surface area contributed by atoms with Gasteiger partial charge in [0.15, 0.2) is 5.11 Å². The van der Waals surface area contributed by atoms with Crippen LogP contribution in [0, 0.1) is 6.92 Å². The molecule has 0 bridgehead atoms. The second-order valence-corrected chi connectivity index (χ2v) is 5.12. The molecule has 1 aliphatic heterocycles. The van der Waals surface area contributed by atoms with Crippen molar-refractivity contribution in [3.8, 4) is 0 Å². The topological polar surface area (TPSA) is 18.5 Å². The smallest absolute Gasteiger partial charge is 0.169 e. The van der Waals surface area contributed by atoms with Gasteiger partial charge in [-0.05, 0) is 30.8 Å². The van der Waals surface area contributed by atoms with Crippen LogP contribution in [0.1, 0.15) is 5.56 Å². The molecule has 1 aromatic carbocycles. The first-order chi connectivity index (χ1) is 9.22. The molecule has 0 spiro atoms. The Kier molecular flexibility index (Phi) is 4.80. The Morgan fingerprint density at radius 3 is 2.63 bits per heavy atom. The fourth-order valence-corrected chi connectivity index (χ4v) is 2.61. The molecular weight excluding hydrogens is 254 g/mol. The Balaban J connectivity index is 1.91. The van der Waals surface area contributed by atoms with E-state index in [1.165, 1.54) is 11.3 Å². The SMILES string of the molecule is C=CCNC(=S)N1CCN(c2ccccc2C)CC1. The molecule has 0 radical (unpaired) electrons. The second-order valence-electron chi connectivity index (χ2n) is 4.74. The molecule has 19 heavy (non-hydrogen) atoms. The number of aryl methyl sites for hydroxylation is 1. The van der Waals surface area contributed by atoms with E-state index in [-0.39, 0.29) is 0 Å². The predicted octanol–water partition coefficient (Wildman–Crippen LogP) is 2.18. The number of nitrogens with one attached hydrogen (secondary N) is 1. The summed E-state index contributed by atoms with van der Waals surface area (Å²) in [5.41, 5.74) is 2.68. The number of anilines is 1. The number of hydrogen-bond acceptors (Lipinski definition) is 2. The molecule has 0 saturated carbocycles. The van der Waals surface area contributed by atoms with Gasteiger partial charge in [0.25, 0.3) is 0 Å². The Bertz CT molecular complexity index is 450. The molecule has 1 saturated heterocycles. The number of benzene rings is 1. The summed E-state index contributed by atoms with van der Waals surface area (Å²) in [4.78, 5) is 4.66. The van der Waals surface area contributed by atoms with E-state index in [1.54, 1.807) is 0 Å². The fourth-order valence-electron chi connectivity index (χ4n) is 2.34. The van der Waals surface area contributed by atoms with Crippen LogP contribution < -0.4 is 10.2 Å². The van der Waals surface area contributed by atoms with E-state index in [0.29, 0.717) is 0 Å². The van der Waals surface area contributed by atoms with Crippen LogP contribution in [0.25, 0.3) is 0 Å². The molecule has 1 heterocycles. The van der Waals surface area contributed by atoms with E-state index in [0.717, 1.165) is 37.8 Å². The maximum absolute atomic E-state index is 5.37. The zero-order valence-corrected chi connectivity index (χ0v) is 12.2. The van der Waals surface area contributed by atoms with E-state index in [2.05, 4.69) is 52.9 Å². The lowest BCUT2D eigenvalue weighted by Crippen LogP contribution is -2.51. The Morgan fingerprint density at radius 1 is 1.32 bits per heavy atom. The average molecular weight is 275 g/mol. The van der Waals surface area contributed by atoms with Crippen LogP contribution in [0.4, 0.5) is 5.69 Å². The normalized spacial score (nSPS) is 15.2. The molecule has 0 atom stereocenters. The number of rotatable bonds is 3. The molecule has 4 heteroatoms. The lowest BCUT2D eigenvalue weighted by Gasteiger charge is -2.38. The predicted molar refractivity (Wildman–Crippen MR) is 85.8 cm³/mol. The summed E-state index contributed by atoms with van der Waals surface area (Å²) in [5.74, 6) is 0. The maximum Gasteiger partial charge on any atom is 0.169 e. The van der Waals surface area contributed by atoms with Crippen molar-refractivity contribution in [2.24, 2.45) is 0 Å². The van der Waals surface area contributed by atoms with E-state index < -0.39 is 0 Å². The van der Waals surface area contributed by atoms with Crippen LogP contribution in [-0.4, -0.2) is 42.7 Å². The number of para-hydroxylation sites is 1. The van der Waals surface area contributed by atoms with Gasteiger partial charge in [0.1, 0.15) is 0 Å².